The summed E-state index contributed by atoms with van der Waals surface area (Å²) in [5.74, 6) is 0.00538. The molecule has 0 saturated heterocycles. The van der Waals surface area contributed by atoms with Crippen molar-refractivity contribution in [3.63, 3.8) is 0 Å². The average Bonchev–Trinajstić information content (AvgIpc) is 2.29. The maximum Gasteiger partial charge on any atom is 0.412 e. The first kappa shape index (κ1) is 16.3. The van der Waals surface area contributed by atoms with Gasteiger partial charge in [-0.25, -0.2) is 4.79 Å². The monoisotopic (exact) mass is 282 g/mol. The molecule has 112 valence electrons. The highest BCUT2D eigenvalue weighted by molar-refractivity contribution is 5.86. The molecule has 0 saturated carbocycles. The lowest BCUT2D eigenvalue weighted by Gasteiger charge is -2.21. The average molecular weight is 282 g/mol. The third kappa shape index (κ3) is 5.07. The summed E-state index contributed by atoms with van der Waals surface area (Å²) in [5, 5.41) is 22.0. The number of carbonyl (C=O) groups excluding carboxylic acids is 1. The van der Waals surface area contributed by atoms with Crippen LogP contribution < -0.4 is 11.1 Å². The van der Waals surface area contributed by atoms with Crippen molar-refractivity contribution in [1.82, 2.24) is 0 Å². The summed E-state index contributed by atoms with van der Waals surface area (Å²) in [6.07, 6.45) is -1.16. The quantitative estimate of drug-likeness (QED) is 0.633. The number of hydrogen-bond acceptors (Lipinski definition) is 5. The standard InChI is InChI=1S/C14H22N2O4/c1-14(2,3)20-13(19)16-11-5-4-9(17)8-10(11)12(18)6-7-15/h4-5,8,12,17-18H,6-7,15H2,1-3H3,(H,16,19)/t12-/m0/s1. The van der Waals surface area contributed by atoms with Gasteiger partial charge in [0.2, 0.25) is 0 Å². The molecule has 0 aliphatic heterocycles. The fraction of sp³-hybridized carbons (Fsp3) is 0.500. The first-order valence-electron chi connectivity index (χ1n) is 6.44. The molecule has 5 N–H and O–H groups in total. The van der Waals surface area contributed by atoms with Gasteiger partial charge in [0.1, 0.15) is 11.4 Å². The van der Waals surface area contributed by atoms with E-state index in [0.29, 0.717) is 24.2 Å². The number of rotatable bonds is 4. The Balaban J connectivity index is 2.91. The number of aromatic hydroxyl groups is 1. The van der Waals surface area contributed by atoms with Crippen molar-refractivity contribution in [3.8, 4) is 5.75 Å². The van der Waals surface area contributed by atoms with Crippen molar-refractivity contribution in [1.29, 1.82) is 0 Å². The molecule has 1 aromatic rings. The lowest BCUT2D eigenvalue weighted by atomic mass is 10.0. The maximum absolute atomic E-state index is 11.7. The van der Waals surface area contributed by atoms with E-state index in [2.05, 4.69) is 5.32 Å². The van der Waals surface area contributed by atoms with E-state index in [1.165, 1.54) is 18.2 Å². The van der Waals surface area contributed by atoms with Crippen molar-refractivity contribution in [3.05, 3.63) is 23.8 Å². The highest BCUT2D eigenvalue weighted by Gasteiger charge is 2.19. The van der Waals surface area contributed by atoms with E-state index in [4.69, 9.17) is 10.5 Å². The Morgan fingerprint density at radius 1 is 1.45 bits per heavy atom. The zero-order valence-electron chi connectivity index (χ0n) is 12.0. The lowest BCUT2D eigenvalue weighted by molar-refractivity contribution is 0.0635. The van der Waals surface area contributed by atoms with Crippen molar-refractivity contribution >= 4 is 11.8 Å². The topological polar surface area (TPSA) is 105 Å². The fourth-order valence-electron chi connectivity index (χ4n) is 1.67. The molecule has 1 atom stereocenters. The number of ether oxygens (including phenoxy) is 1. The van der Waals surface area contributed by atoms with Crippen LogP contribution >= 0.6 is 0 Å². The van der Waals surface area contributed by atoms with Crippen LogP contribution in [0.2, 0.25) is 0 Å². The summed E-state index contributed by atoms with van der Waals surface area (Å²) < 4.78 is 5.15. The summed E-state index contributed by atoms with van der Waals surface area (Å²) in [7, 11) is 0. The van der Waals surface area contributed by atoms with Gasteiger partial charge >= 0.3 is 6.09 Å². The molecule has 6 nitrogen and oxygen atoms in total. The summed E-state index contributed by atoms with van der Waals surface area (Å²) in [4.78, 5) is 11.7. The number of benzene rings is 1. The Hall–Kier alpha value is -1.79. The van der Waals surface area contributed by atoms with Gasteiger partial charge in [-0.05, 0) is 51.9 Å². The Kier molecular flexibility index (Phi) is 5.35. The van der Waals surface area contributed by atoms with Gasteiger partial charge in [-0.3, -0.25) is 5.32 Å². The van der Waals surface area contributed by atoms with Crippen LogP contribution in [0.3, 0.4) is 0 Å². The van der Waals surface area contributed by atoms with Crippen molar-refractivity contribution in [2.75, 3.05) is 11.9 Å². The predicted octanol–water partition coefficient (Wildman–Crippen LogP) is 2.12. The lowest BCUT2D eigenvalue weighted by Crippen LogP contribution is -2.27. The van der Waals surface area contributed by atoms with Gasteiger partial charge in [0, 0.05) is 5.56 Å². The molecule has 0 aliphatic carbocycles. The Morgan fingerprint density at radius 2 is 2.10 bits per heavy atom. The van der Waals surface area contributed by atoms with Gasteiger partial charge in [0.15, 0.2) is 0 Å². The van der Waals surface area contributed by atoms with Crippen molar-refractivity contribution in [2.45, 2.75) is 38.9 Å². The second kappa shape index (κ2) is 6.58. The minimum Gasteiger partial charge on any atom is -0.508 e. The number of amides is 1. The molecular formula is C14H22N2O4. The zero-order chi connectivity index (χ0) is 15.3. The van der Waals surface area contributed by atoms with Crippen LogP contribution in [-0.4, -0.2) is 28.5 Å². The van der Waals surface area contributed by atoms with Crippen molar-refractivity contribution < 1.29 is 19.7 Å². The highest BCUT2D eigenvalue weighted by atomic mass is 16.6. The number of anilines is 1. The largest absolute Gasteiger partial charge is 0.508 e. The minimum absolute atomic E-state index is 0.00538. The molecule has 0 fully saturated rings. The number of phenols is 1. The second-order valence-electron chi connectivity index (χ2n) is 5.49. The molecule has 1 aromatic carbocycles. The Labute approximate surface area is 118 Å². The normalized spacial score (nSPS) is 12.8. The van der Waals surface area contributed by atoms with Gasteiger partial charge in [-0.15, -0.1) is 0 Å². The smallest absolute Gasteiger partial charge is 0.412 e. The molecule has 0 aliphatic rings. The molecule has 0 spiro atoms. The SMILES string of the molecule is CC(C)(C)OC(=O)Nc1ccc(O)cc1[C@@H](O)CCN. The second-order valence-corrected chi connectivity index (χ2v) is 5.49. The highest BCUT2D eigenvalue weighted by Crippen LogP contribution is 2.29. The number of nitrogens with one attached hydrogen (secondary N) is 1. The van der Waals surface area contributed by atoms with Gasteiger partial charge < -0.3 is 20.7 Å². The van der Waals surface area contributed by atoms with Crippen molar-refractivity contribution in [2.24, 2.45) is 5.73 Å². The van der Waals surface area contributed by atoms with Crippen LogP contribution in [0.4, 0.5) is 10.5 Å². The number of carbonyl (C=O) groups is 1. The third-order valence-corrected chi connectivity index (χ3v) is 2.47. The molecule has 6 heteroatoms. The molecule has 1 amide bonds. The van der Waals surface area contributed by atoms with Crippen LogP contribution in [0.1, 0.15) is 38.9 Å². The van der Waals surface area contributed by atoms with E-state index < -0.39 is 17.8 Å². The summed E-state index contributed by atoms with van der Waals surface area (Å²) in [6, 6.07) is 4.33. The maximum atomic E-state index is 11.7. The van der Waals surface area contributed by atoms with E-state index in [1.54, 1.807) is 20.8 Å². The molecule has 1 rings (SSSR count). The van der Waals surface area contributed by atoms with E-state index in [9.17, 15) is 15.0 Å². The number of hydrogen-bond donors (Lipinski definition) is 4. The number of aliphatic hydroxyl groups excluding tert-OH is 1. The first-order chi connectivity index (χ1) is 9.23. The van der Waals surface area contributed by atoms with Gasteiger partial charge in [-0.1, -0.05) is 0 Å². The van der Waals surface area contributed by atoms with Crippen LogP contribution in [0.5, 0.6) is 5.75 Å². The first-order valence-corrected chi connectivity index (χ1v) is 6.44. The Bertz CT molecular complexity index is 469. The summed E-state index contributed by atoms with van der Waals surface area (Å²) >= 11 is 0. The predicted molar refractivity (Wildman–Crippen MR) is 76.6 cm³/mol. The van der Waals surface area contributed by atoms with Crippen LogP contribution in [0.25, 0.3) is 0 Å². The van der Waals surface area contributed by atoms with E-state index in [-0.39, 0.29) is 5.75 Å². The summed E-state index contributed by atoms with van der Waals surface area (Å²) in [5.41, 5.74) is 5.58. The van der Waals surface area contributed by atoms with Gasteiger partial charge in [0.25, 0.3) is 0 Å². The van der Waals surface area contributed by atoms with E-state index in [1.807, 2.05) is 0 Å². The molecule has 0 heterocycles. The Morgan fingerprint density at radius 3 is 2.65 bits per heavy atom. The van der Waals surface area contributed by atoms with Crippen LogP contribution in [0, 0.1) is 0 Å². The molecule has 0 unspecified atom stereocenters. The summed E-state index contributed by atoms with van der Waals surface area (Å²) in [6.45, 7) is 5.57. The fourth-order valence-corrected chi connectivity index (χ4v) is 1.67. The molecule has 0 aromatic heterocycles. The van der Waals surface area contributed by atoms with E-state index in [0.717, 1.165) is 0 Å². The number of nitrogens with two attached hydrogens (primary N) is 1. The minimum atomic E-state index is -0.864. The molecule has 0 radical (unpaired) electrons. The molecular weight excluding hydrogens is 260 g/mol. The van der Waals surface area contributed by atoms with Gasteiger partial charge in [0.05, 0.1) is 11.8 Å². The zero-order valence-corrected chi connectivity index (χ0v) is 12.0. The van der Waals surface area contributed by atoms with Crippen LogP contribution in [0.15, 0.2) is 18.2 Å². The molecule has 0 bridgehead atoms. The number of phenolic OH excluding ortho intramolecular Hbond substituents is 1. The van der Waals surface area contributed by atoms with Gasteiger partial charge in [-0.2, -0.15) is 0 Å². The molecule has 20 heavy (non-hydrogen) atoms. The van der Waals surface area contributed by atoms with E-state index >= 15 is 0 Å². The van der Waals surface area contributed by atoms with Crippen LogP contribution in [-0.2, 0) is 4.74 Å². The number of aliphatic hydroxyl groups is 1. The third-order valence-electron chi connectivity index (χ3n) is 2.47.